The maximum absolute atomic E-state index is 13.3. The summed E-state index contributed by atoms with van der Waals surface area (Å²) >= 11 is 5.84. The van der Waals surface area contributed by atoms with Crippen LogP contribution in [0.25, 0.3) is 0 Å². The molecule has 2 aromatic rings. The van der Waals surface area contributed by atoms with Gasteiger partial charge in [-0.2, -0.15) is 0 Å². The van der Waals surface area contributed by atoms with E-state index in [2.05, 4.69) is 17.2 Å². The van der Waals surface area contributed by atoms with E-state index in [-0.39, 0.29) is 5.82 Å². The number of hydrogen-bond donors (Lipinski definition) is 1. The third-order valence-corrected chi connectivity index (χ3v) is 2.99. The smallest absolute Gasteiger partial charge is 0.207 e. The summed E-state index contributed by atoms with van der Waals surface area (Å²) in [6.07, 6.45) is 4.18. The van der Waals surface area contributed by atoms with Gasteiger partial charge in [-0.1, -0.05) is 24.9 Å². The molecule has 0 aliphatic carbocycles. The van der Waals surface area contributed by atoms with E-state index >= 15 is 0 Å². The van der Waals surface area contributed by atoms with Gasteiger partial charge in [-0.3, -0.25) is 0 Å². The molecular weight excluding hydrogens is 265 g/mol. The molecular formula is C14H17ClFN3. The number of hydrogen-bond acceptors (Lipinski definition) is 2. The van der Waals surface area contributed by atoms with Crippen molar-refractivity contribution in [3.63, 3.8) is 0 Å². The third kappa shape index (κ3) is 3.70. The highest BCUT2D eigenvalue weighted by atomic mass is 35.5. The van der Waals surface area contributed by atoms with Crippen molar-refractivity contribution in [2.75, 3.05) is 5.32 Å². The summed E-state index contributed by atoms with van der Waals surface area (Å²) in [5.41, 5.74) is 1.54. The van der Waals surface area contributed by atoms with Crippen molar-refractivity contribution in [2.24, 2.45) is 0 Å². The standard InChI is InChI=1S/C14H17ClFN3/c1-3-4-5-19-9-10(2)17-14(19)18-13-7-11(15)6-12(16)8-13/h6-9H,3-5H2,1-2H3,(H,17,18). The van der Waals surface area contributed by atoms with Crippen LogP contribution < -0.4 is 5.32 Å². The Morgan fingerprint density at radius 1 is 1.37 bits per heavy atom. The molecule has 2 rings (SSSR count). The lowest BCUT2D eigenvalue weighted by Gasteiger charge is -2.09. The highest BCUT2D eigenvalue weighted by molar-refractivity contribution is 6.30. The maximum Gasteiger partial charge on any atom is 0.207 e. The Labute approximate surface area is 117 Å². The lowest BCUT2D eigenvalue weighted by molar-refractivity contribution is 0.627. The number of unbranched alkanes of at least 4 members (excludes halogenated alkanes) is 1. The monoisotopic (exact) mass is 281 g/mol. The second kappa shape index (κ2) is 6.06. The summed E-state index contributed by atoms with van der Waals surface area (Å²) < 4.78 is 15.3. The number of benzene rings is 1. The van der Waals surface area contributed by atoms with Crippen molar-refractivity contribution < 1.29 is 4.39 Å². The molecule has 0 unspecified atom stereocenters. The van der Waals surface area contributed by atoms with Gasteiger partial charge in [-0.25, -0.2) is 9.37 Å². The van der Waals surface area contributed by atoms with Gasteiger partial charge >= 0.3 is 0 Å². The SMILES string of the molecule is CCCCn1cc(C)nc1Nc1cc(F)cc(Cl)c1. The number of imidazole rings is 1. The first kappa shape index (κ1) is 13.9. The van der Waals surface area contributed by atoms with Gasteiger partial charge in [0.05, 0.1) is 5.69 Å². The molecule has 0 aliphatic heterocycles. The minimum atomic E-state index is -0.363. The fraction of sp³-hybridized carbons (Fsp3) is 0.357. The molecule has 0 bridgehead atoms. The summed E-state index contributed by atoms with van der Waals surface area (Å²) in [5, 5.41) is 3.48. The maximum atomic E-state index is 13.3. The van der Waals surface area contributed by atoms with Crippen LogP contribution in [0.5, 0.6) is 0 Å². The average molecular weight is 282 g/mol. The molecule has 0 atom stereocenters. The Kier molecular flexibility index (Phi) is 4.43. The lowest BCUT2D eigenvalue weighted by Crippen LogP contribution is -2.03. The Hall–Kier alpha value is -1.55. The molecule has 1 heterocycles. The van der Waals surface area contributed by atoms with Crippen molar-refractivity contribution in [3.8, 4) is 0 Å². The molecule has 0 saturated carbocycles. The molecule has 0 amide bonds. The number of halogens is 2. The first-order chi connectivity index (χ1) is 9.08. The van der Waals surface area contributed by atoms with Crippen LogP contribution in [0, 0.1) is 12.7 Å². The van der Waals surface area contributed by atoms with E-state index in [1.165, 1.54) is 12.1 Å². The topological polar surface area (TPSA) is 29.9 Å². The highest BCUT2D eigenvalue weighted by Gasteiger charge is 2.07. The molecule has 1 aromatic heterocycles. The highest BCUT2D eigenvalue weighted by Crippen LogP contribution is 2.22. The third-order valence-electron chi connectivity index (χ3n) is 2.77. The number of aromatic nitrogens is 2. The summed E-state index contributed by atoms with van der Waals surface area (Å²) in [6.45, 7) is 4.97. The Morgan fingerprint density at radius 3 is 2.84 bits per heavy atom. The van der Waals surface area contributed by atoms with Gasteiger partial charge in [0, 0.05) is 23.5 Å². The quantitative estimate of drug-likeness (QED) is 0.873. The van der Waals surface area contributed by atoms with Crippen LogP contribution in [-0.4, -0.2) is 9.55 Å². The van der Waals surface area contributed by atoms with E-state index in [0.29, 0.717) is 16.7 Å². The lowest BCUT2D eigenvalue weighted by atomic mass is 10.3. The molecule has 1 N–H and O–H groups in total. The number of nitrogens with one attached hydrogen (secondary N) is 1. The molecule has 102 valence electrons. The Morgan fingerprint density at radius 2 is 2.16 bits per heavy atom. The predicted octanol–water partition coefficient (Wildman–Crippen LogP) is 4.53. The van der Waals surface area contributed by atoms with E-state index < -0.39 is 0 Å². The van der Waals surface area contributed by atoms with Crippen LogP contribution in [0.3, 0.4) is 0 Å². The van der Waals surface area contributed by atoms with E-state index in [1.54, 1.807) is 6.07 Å². The molecule has 0 aliphatic rings. The summed E-state index contributed by atoms with van der Waals surface area (Å²) in [4.78, 5) is 4.40. The van der Waals surface area contributed by atoms with E-state index in [4.69, 9.17) is 11.6 Å². The molecule has 3 nitrogen and oxygen atoms in total. The van der Waals surface area contributed by atoms with Crippen molar-refractivity contribution in [2.45, 2.75) is 33.2 Å². The molecule has 0 radical (unpaired) electrons. The van der Waals surface area contributed by atoms with Gasteiger partial charge in [0.15, 0.2) is 0 Å². The fourth-order valence-electron chi connectivity index (χ4n) is 1.90. The zero-order chi connectivity index (χ0) is 13.8. The summed E-state index contributed by atoms with van der Waals surface area (Å²) in [7, 11) is 0. The van der Waals surface area contributed by atoms with Gasteiger partial charge in [0.2, 0.25) is 5.95 Å². The number of nitrogens with zero attached hydrogens (tertiary/aromatic N) is 2. The zero-order valence-electron chi connectivity index (χ0n) is 11.1. The zero-order valence-corrected chi connectivity index (χ0v) is 11.8. The van der Waals surface area contributed by atoms with Gasteiger partial charge in [-0.05, 0) is 31.5 Å². The van der Waals surface area contributed by atoms with E-state index in [0.717, 1.165) is 25.1 Å². The van der Waals surface area contributed by atoms with Gasteiger partial charge in [0.1, 0.15) is 5.82 Å². The van der Waals surface area contributed by atoms with E-state index in [9.17, 15) is 4.39 Å². The molecule has 0 fully saturated rings. The molecule has 5 heteroatoms. The minimum absolute atomic E-state index is 0.363. The van der Waals surface area contributed by atoms with Crippen LogP contribution in [0.2, 0.25) is 5.02 Å². The second-order valence-electron chi connectivity index (χ2n) is 4.54. The van der Waals surface area contributed by atoms with Crippen LogP contribution in [0.4, 0.5) is 16.0 Å². The van der Waals surface area contributed by atoms with E-state index in [1.807, 2.05) is 17.7 Å². The average Bonchev–Trinajstić information content (AvgIpc) is 2.65. The van der Waals surface area contributed by atoms with Crippen molar-refractivity contribution >= 4 is 23.2 Å². The molecule has 19 heavy (non-hydrogen) atoms. The van der Waals surface area contributed by atoms with Crippen LogP contribution >= 0.6 is 11.6 Å². The number of aryl methyl sites for hydroxylation is 2. The minimum Gasteiger partial charge on any atom is -0.325 e. The number of anilines is 2. The van der Waals surface area contributed by atoms with Crippen molar-refractivity contribution in [1.82, 2.24) is 9.55 Å². The molecule has 0 saturated heterocycles. The first-order valence-electron chi connectivity index (χ1n) is 6.35. The normalized spacial score (nSPS) is 10.7. The predicted molar refractivity (Wildman–Crippen MR) is 76.6 cm³/mol. The van der Waals surface area contributed by atoms with Crippen LogP contribution in [0.1, 0.15) is 25.5 Å². The Bertz CT molecular complexity index is 546. The van der Waals surface area contributed by atoms with Crippen LogP contribution in [-0.2, 0) is 6.54 Å². The second-order valence-corrected chi connectivity index (χ2v) is 4.97. The fourth-order valence-corrected chi connectivity index (χ4v) is 2.12. The number of rotatable bonds is 5. The Balaban J connectivity index is 2.22. The first-order valence-corrected chi connectivity index (χ1v) is 6.73. The summed E-state index contributed by atoms with van der Waals surface area (Å²) in [6, 6.07) is 4.36. The van der Waals surface area contributed by atoms with Gasteiger partial charge < -0.3 is 9.88 Å². The van der Waals surface area contributed by atoms with Gasteiger partial charge in [0.25, 0.3) is 0 Å². The largest absolute Gasteiger partial charge is 0.325 e. The molecule has 1 aromatic carbocycles. The molecule has 0 spiro atoms. The van der Waals surface area contributed by atoms with Crippen LogP contribution in [0.15, 0.2) is 24.4 Å². The van der Waals surface area contributed by atoms with Gasteiger partial charge in [-0.15, -0.1) is 0 Å². The van der Waals surface area contributed by atoms with Crippen molar-refractivity contribution in [1.29, 1.82) is 0 Å². The summed E-state index contributed by atoms with van der Waals surface area (Å²) in [5.74, 6) is 0.353. The van der Waals surface area contributed by atoms with Crippen molar-refractivity contribution in [3.05, 3.63) is 40.9 Å².